The van der Waals surface area contributed by atoms with Crippen LogP contribution in [0.2, 0.25) is 0 Å². The molecular formula is C17H23IN4O2S. The van der Waals surface area contributed by atoms with Gasteiger partial charge in [0.1, 0.15) is 0 Å². The van der Waals surface area contributed by atoms with Crippen LogP contribution in [0.15, 0.2) is 64.5 Å². The van der Waals surface area contributed by atoms with E-state index in [0.717, 1.165) is 11.1 Å². The third kappa shape index (κ3) is 6.63. The summed E-state index contributed by atoms with van der Waals surface area (Å²) in [6, 6.07) is 16.6. The maximum atomic E-state index is 11.2. The summed E-state index contributed by atoms with van der Waals surface area (Å²) in [5.41, 5.74) is 2.09. The molecule has 136 valence electrons. The van der Waals surface area contributed by atoms with Gasteiger partial charge in [-0.25, -0.2) is 13.6 Å². The number of nitrogens with two attached hydrogens (primary N) is 1. The summed E-state index contributed by atoms with van der Waals surface area (Å²) in [4.78, 5) is 4.31. The zero-order chi connectivity index (χ0) is 17.6. The standard InChI is InChI=1S/C17H22N4O2S.HI/c1-13(15-6-4-3-5-7-15)21-17(19-2)20-12-14-8-10-16(11-9-14)24(18,22)23;/h3-11,13H,12H2,1-2H3,(H2,18,22,23)(H2,19,20,21);1H. The Bertz CT molecular complexity index is 793. The van der Waals surface area contributed by atoms with E-state index in [0.29, 0.717) is 12.5 Å². The van der Waals surface area contributed by atoms with E-state index in [1.807, 2.05) is 18.2 Å². The van der Waals surface area contributed by atoms with E-state index in [1.165, 1.54) is 12.1 Å². The summed E-state index contributed by atoms with van der Waals surface area (Å²) in [7, 11) is -1.95. The molecule has 0 bridgehead atoms. The van der Waals surface area contributed by atoms with Gasteiger partial charge in [0.15, 0.2) is 5.96 Å². The number of nitrogens with zero attached hydrogens (tertiary/aromatic N) is 1. The lowest BCUT2D eigenvalue weighted by atomic mass is 10.1. The van der Waals surface area contributed by atoms with Crippen LogP contribution in [0.4, 0.5) is 0 Å². The van der Waals surface area contributed by atoms with E-state index in [2.05, 4.69) is 34.7 Å². The molecule has 0 aromatic heterocycles. The first-order valence-corrected chi connectivity index (χ1v) is 9.08. The van der Waals surface area contributed by atoms with Crippen molar-refractivity contribution in [3.63, 3.8) is 0 Å². The molecule has 0 aliphatic heterocycles. The van der Waals surface area contributed by atoms with Crippen LogP contribution in [-0.4, -0.2) is 21.4 Å². The number of sulfonamides is 1. The van der Waals surface area contributed by atoms with Crippen molar-refractivity contribution in [3.8, 4) is 0 Å². The summed E-state index contributed by atoms with van der Waals surface area (Å²) in [5.74, 6) is 0.668. The molecule has 6 nitrogen and oxygen atoms in total. The van der Waals surface area contributed by atoms with Gasteiger partial charge in [-0.3, -0.25) is 4.99 Å². The maximum absolute atomic E-state index is 11.2. The molecule has 2 aromatic carbocycles. The van der Waals surface area contributed by atoms with E-state index >= 15 is 0 Å². The van der Waals surface area contributed by atoms with Crippen LogP contribution in [0, 0.1) is 0 Å². The fourth-order valence-electron chi connectivity index (χ4n) is 2.21. The minimum absolute atomic E-state index is 0. The monoisotopic (exact) mass is 474 g/mol. The number of hydrogen-bond donors (Lipinski definition) is 3. The quantitative estimate of drug-likeness (QED) is 0.352. The second-order valence-electron chi connectivity index (χ2n) is 5.39. The molecule has 0 aliphatic carbocycles. The van der Waals surface area contributed by atoms with E-state index in [9.17, 15) is 8.42 Å². The van der Waals surface area contributed by atoms with Crippen LogP contribution in [0.5, 0.6) is 0 Å². The van der Waals surface area contributed by atoms with Crippen molar-refractivity contribution in [1.29, 1.82) is 0 Å². The molecule has 2 aromatic rings. The number of rotatable bonds is 5. The van der Waals surface area contributed by atoms with Gasteiger partial charge in [-0.1, -0.05) is 42.5 Å². The number of benzene rings is 2. The predicted octanol–water partition coefficient (Wildman–Crippen LogP) is 2.38. The van der Waals surface area contributed by atoms with Crippen molar-refractivity contribution in [1.82, 2.24) is 10.6 Å². The highest BCUT2D eigenvalue weighted by Crippen LogP contribution is 2.11. The van der Waals surface area contributed by atoms with Crippen LogP contribution in [-0.2, 0) is 16.6 Å². The zero-order valence-electron chi connectivity index (χ0n) is 14.1. The highest BCUT2D eigenvalue weighted by molar-refractivity contribution is 14.0. The fraction of sp³-hybridized carbons (Fsp3) is 0.235. The Balaban J connectivity index is 0.00000312. The van der Waals surface area contributed by atoms with Crippen LogP contribution in [0.1, 0.15) is 24.1 Å². The Kier molecular flexibility index (Phi) is 8.33. The normalized spacial score (nSPS) is 12.8. The van der Waals surface area contributed by atoms with Crippen molar-refractivity contribution in [2.24, 2.45) is 10.1 Å². The highest BCUT2D eigenvalue weighted by atomic mass is 127. The van der Waals surface area contributed by atoms with Crippen LogP contribution in [0.25, 0.3) is 0 Å². The Labute approximate surface area is 166 Å². The molecule has 0 radical (unpaired) electrons. The van der Waals surface area contributed by atoms with Crippen molar-refractivity contribution in [2.75, 3.05) is 7.05 Å². The van der Waals surface area contributed by atoms with Crippen molar-refractivity contribution >= 4 is 40.0 Å². The molecule has 0 fully saturated rings. The number of aliphatic imine (C=N–C) groups is 1. The molecular weight excluding hydrogens is 451 g/mol. The molecule has 25 heavy (non-hydrogen) atoms. The Morgan fingerprint density at radius 1 is 1.12 bits per heavy atom. The van der Waals surface area contributed by atoms with Gasteiger partial charge in [-0.05, 0) is 30.2 Å². The van der Waals surface area contributed by atoms with Gasteiger partial charge in [-0.15, -0.1) is 24.0 Å². The van der Waals surface area contributed by atoms with Crippen molar-refractivity contribution in [2.45, 2.75) is 24.4 Å². The number of primary sulfonamides is 1. The minimum Gasteiger partial charge on any atom is -0.352 e. The third-order valence-electron chi connectivity index (χ3n) is 3.59. The summed E-state index contributed by atoms with van der Waals surface area (Å²) in [6.07, 6.45) is 0. The van der Waals surface area contributed by atoms with E-state index in [1.54, 1.807) is 19.2 Å². The third-order valence-corrected chi connectivity index (χ3v) is 4.52. The topological polar surface area (TPSA) is 96.6 Å². The molecule has 0 saturated carbocycles. The van der Waals surface area contributed by atoms with Gasteiger partial charge in [0, 0.05) is 13.6 Å². The number of nitrogens with one attached hydrogen (secondary N) is 2. The molecule has 1 atom stereocenters. The lowest BCUT2D eigenvalue weighted by Gasteiger charge is -2.18. The number of hydrogen-bond acceptors (Lipinski definition) is 3. The lowest BCUT2D eigenvalue weighted by Crippen LogP contribution is -2.38. The van der Waals surface area contributed by atoms with Crippen LogP contribution >= 0.6 is 24.0 Å². The van der Waals surface area contributed by atoms with E-state index in [4.69, 9.17) is 5.14 Å². The predicted molar refractivity (Wildman–Crippen MR) is 111 cm³/mol. The molecule has 1 unspecified atom stereocenters. The maximum Gasteiger partial charge on any atom is 0.238 e. The molecule has 4 N–H and O–H groups in total. The average molecular weight is 474 g/mol. The Morgan fingerprint density at radius 3 is 2.24 bits per heavy atom. The SMILES string of the molecule is CN=C(NCc1ccc(S(N)(=O)=O)cc1)NC(C)c1ccccc1.I. The second kappa shape index (κ2) is 9.73. The first-order chi connectivity index (χ1) is 11.4. The molecule has 0 heterocycles. The minimum atomic E-state index is -3.66. The zero-order valence-corrected chi connectivity index (χ0v) is 17.3. The Hall–Kier alpha value is -1.65. The molecule has 0 saturated heterocycles. The van der Waals surface area contributed by atoms with Crippen LogP contribution in [0.3, 0.4) is 0 Å². The van der Waals surface area contributed by atoms with E-state index < -0.39 is 10.0 Å². The smallest absolute Gasteiger partial charge is 0.238 e. The second-order valence-corrected chi connectivity index (χ2v) is 6.95. The molecule has 0 amide bonds. The first kappa shape index (κ1) is 21.4. The lowest BCUT2D eigenvalue weighted by molar-refractivity contribution is 0.597. The van der Waals surface area contributed by atoms with Gasteiger partial charge >= 0.3 is 0 Å². The van der Waals surface area contributed by atoms with Gasteiger partial charge in [0.05, 0.1) is 10.9 Å². The molecule has 0 spiro atoms. The van der Waals surface area contributed by atoms with Gasteiger partial charge < -0.3 is 10.6 Å². The number of guanidine groups is 1. The number of halogens is 1. The van der Waals surface area contributed by atoms with Crippen molar-refractivity contribution < 1.29 is 8.42 Å². The van der Waals surface area contributed by atoms with Gasteiger partial charge in [0.25, 0.3) is 0 Å². The first-order valence-electron chi connectivity index (χ1n) is 7.54. The van der Waals surface area contributed by atoms with Gasteiger partial charge in [-0.2, -0.15) is 0 Å². The van der Waals surface area contributed by atoms with Crippen LogP contribution < -0.4 is 15.8 Å². The average Bonchev–Trinajstić information content (AvgIpc) is 2.58. The Morgan fingerprint density at radius 2 is 1.72 bits per heavy atom. The van der Waals surface area contributed by atoms with E-state index in [-0.39, 0.29) is 34.9 Å². The van der Waals surface area contributed by atoms with Crippen molar-refractivity contribution in [3.05, 3.63) is 65.7 Å². The molecule has 2 rings (SSSR count). The highest BCUT2D eigenvalue weighted by Gasteiger charge is 2.08. The van der Waals surface area contributed by atoms with Gasteiger partial charge in [0.2, 0.25) is 10.0 Å². The fourth-order valence-corrected chi connectivity index (χ4v) is 2.72. The summed E-state index contributed by atoms with van der Waals surface area (Å²) >= 11 is 0. The summed E-state index contributed by atoms with van der Waals surface area (Å²) in [6.45, 7) is 2.58. The largest absolute Gasteiger partial charge is 0.352 e. The molecule has 0 aliphatic rings. The summed E-state index contributed by atoms with van der Waals surface area (Å²) < 4.78 is 22.5. The molecule has 8 heteroatoms. The summed E-state index contributed by atoms with van der Waals surface area (Å²) in [5, 5.41) is 11.6.